The van der Waals surface area contributed by atoms with Gasteiger partial charge in [0.15, 0.2) is 5.13 Å². The van der Waals surface area contributed by atoms with Crippen molar-refractivity contribution in [3.63, 3.8) is 0 Å². The van der Waals surface area contributed by atoms with Crippen LogP contribution in [-0.2, 0) is 11.2 Å². The van der Waals surface area contributed by atoms with Gasteiger partial charge in [-0.15, -0.1) is 11.3 Å². The fourth-order valence-corrected chi connectivity index (χ4v) is 3.48. The van der Waals surface area contributed by atoms with E-state index in [9.17, 15) is 4.79 Å². The molecule has 2 aromatic carbocycles. The number of aromatic nitrogens is 1. The maximum Gasteiger partial charge on any atom is 0.226 e. The molecule has 3 rings (SSSR count). The van der Waals surface area contributed by atoms with Gasteiger partial charge < -0.3 is 5.32 Å². The molecule has 0 saturated carbocycles. The van der Waals surface area contributed by atoms with E-state index in [1.807, 2.05) is 61.5 Å². The van der Waals surface area contributed by atoms with E-state index < -0.39 is 0 Å². The number of rotatable bonds is 5. The predicted octanol–water partition coefficient (Wildman–Crippen LogP) is 5.34. The van der Waals surface area contributed by atoms with Crippen LogP contribution in [0.25, 0.3) is 11.3 Å². The molecule has 0 aliphatic carbocycles. The monoisotopic (exact) mass is 356 g/mol. The summed E-state index contributed by atoms with van der Waals surface area (Å²) in [6, 6.07) is 17.6. The number of halogens is 1. The van der Waals surface area contributed by atoms with Gasteiger partial charge in [-0.3, -0.25) is 4.79 Å². The summed E-state index contributed by atoms with van der Waals surface area (Å²) in [5.74, 6) is -0.0229. The first-order valence-electron chi connectivity index (χ1n) is 7.69. The number of carbonyl (C=O) groups excluding carboxylic acids is 1. The maximum atomic E-state index is 12.1. The van der Waals surface area contributed by atoms with Crippen molar-refractivity contribution in [1.82, 2.24) is 4.98 Å². The van der Waals surface area contributed by atoms with Crippen LogP contribution < -0.4 is 5.32 Å². The number of amides is 1. The lowest BCUT2D eigenvalue weighted by molar-refractivity contribution is -0.116. The Morgan fingerprint density at radius 3 is 2.71 bits per heavy atom. The lowest BCUT2D eigenvalue weighted by Crippen LogP contribution is -2.12. The van der Waals surface area contributed by atoms with Crippen molar-refractivity contribution >= 4 is 34.0 Å². The highest BCUT2D eigenvalue weighted by Gasteiger charge is 2.12. The van der Waals surface area contributed by atoms with Gasteiger partial charge in [0, 0.05) is 21.9 Å². The van der Waals surface area contributed by atoms with E-state index in [4.69, 9.17) is 11.6 Å². The number of hydrogen-bond acceptors (Lipinski definition) is 3. The number of aryl methyl sites for hydroxylation is 2. The van der Waals surface area contributed by atoms with E-state index in [1.165, 1.54) is 11.3 Å². The molecule has 0 bridgehead atoms. The number of anilines is 1. The van der Waals surface area contributed by atoms with Crippen LogP contribution in [0.4, 0.5) is 5.13 Å². The predicted molar refractivity (Wildman–Crippen MR) is 101 cm³/mol. The average molecular weight is 357 g/mol. The zero-order chi connectivity index (χ0) is 16.9. The summed E-state index contributed by atoms with van der Waals surface area (Å²) in [6.45, 7) is 1.99. The molecule has 0 radical (unpaired) electrons. The van der Waals surface area contributed by atoms with Crippen LogP contribution >= 0.6 is 22.9 Å². The van der Waals surface area contributed by atoms with Crippen LogP contribution in [0.1, 0.15) is 16.9 Å². The van der Waals surface area contributed by atoms with Gasteiger partial charge >= 0.3 is 0 Å². The Morgan fingerprint density at radius 1 is 1.17 bits per heavy atom. The molecule has 1 amide bonds. The third-order valence-corrected chi connectivity index (χ3v) is 4.75. The minimum absolute atomic E-state index is 0.0229. The molecule has 1 heterocycles. The van der Waals surface area contributed by atoms with Crippen molar-refractivity contribution in [2.45, 2.75) is 19.8 Å². The third-order valence-electron chi connectivity index (χ3n) is 3.62. The van der Waals surface area contributed by atoms with Crippen LogP contribution in [0.2, 0.25) is 5.02 Å². The minimum Gasteiger partial charge on any atom is -0.302 e. The number of nitrogens with zero attached hydrogens (tertiary/aromatic N) is 1. The average Bonchev–Trinajstić information content (AvgIpc) is 2.94. The molecule has 1 N–H and O–H groups in total. The molecular weight excluding hydrogens is 340 g/mol. The fraction of sp³-hybridized carbons (Fsp3) is 0.158. The van der Waals surface area contributed by atoms with Crippen molar-refractivity contribution in [3.05, 3.63) is 70.1 Å². The number of carbonyl (C=O) groups is 1. The molecular formula is C19H17ClN2OS. The molecule has 5 heteroatoms. The highest BCUT2D eigenvalue weighted by atomic mass is 35.5. The summed E-state index contributed by atoms with van der Waals surface area (Å²) in [5, 5.41) is 4.19. The van der Waals surface area contributed by atoms with Crippen LogP contribution in [-0.4, -0.2) is 10.9 Å². The van der Waals surface area contributed by atoms with E-state index >= 15 is 0 Å². The van der Waals surface area contributed by atoms with E-state index in [1.54, 1.807) is 0 Å². The minimum atomic E-state index is -0.0229. The standard InChI is InChI=1S/C19H17ClN2OS/c1-13-18(15-8-5-9-16(20)12-15)22-19(24-13)21-17(23)11-10-14-6-3-2-4-7-14/h2-9,12H,10-11H2,1H3,(H,21,22,23). The number of benzene rings is 2. The van der Waals surface area contributed by atoms with Crippen molar-refractivity contribution in [2.24, 2.45) is 0 Å². The van der Waals surface area contributed by atoms with E-state index in [0.29, 0.717) is 16.6 Å². The Bertz CT molecular complexity index is 846. The van der Waals surface area contributed by atoms with Crippen molar-refractivity contribution < 1.29 is 4.79 Å². The molecule has 0 unspecified atom stereocenters. The first kappa shape index (κ1) is 16.7. The van der Waals surface area contributed by atoms with E-state index in [0.717, 1.165) is 28.1 Å². The molecule has 1 aromatic heterocycles. The van der Waals surface area contributed by atoms with Gasteiger partial charge in [-0.2, -0.15) is 0 Å². The second kappa shape index (κ2) is 7.60. The molecule has 0 aliphatic heterocycles. The highest BCUT2D eigenvalue weighted by molar-refractivity contribution is 7.16. The Morgan fingerprint density at radius 2 is 1.96 bits per heavy atom. The molecule has 0 fully saturated rings. The molecule has 24 heavy (non-hydrogen) atoms. The molecule has 0 aliphatic rings. The van der Waals surface area contributed by atoms with E-state index in [-0.39, 0.29) is 5.91 Å². The number of hydrogen-bond donors (Lipinski definition) is 1. The second-order valence-electron chi connectivity index (χ2n) is 5.47. The van der Waals surface area contributed by atoms with Gasteiger partial charge in [0.1, 0.15) is 0 Å². The van der Waals surface area contributed by atoms with Gasteiger partial charge in [-0.1, -0.05) is 54.1 Å². The zero-order valence-electron chi connectivity index (χ0n) is 13.3. The Kier molecular flexibility index (Phi) is 5.28. The van der Waals surface area contributed by atoms with Crippen molar-refractivity contribution in [1.29, 1.82) is 0 Å². The maximum absolute atomic E-state index is 12.1. The lowest BCUT2D eigenvalue weighted by Gasteiger charge is -2.02. The Labute approximate surface area is 150 Å². The van der Waals surface area contributed by atoms with Crippen LogP contribution in [0.3, 0.4) is 0 Å². The number of thiazole rings is 1. The summed E-state index contributed by atoms with van der Waals surface area (Å²) < 4.78 is 0. The largest absolute Gasteiger partial charge is 0.302 e. The van der Waals surface area contributed by atoms with Crippen molar-refractivity contribution in [3.8, 4) is 11.3 Å². The molecule has 122 valence electrons. The zero-order valence-corrected chi connectivity index (χ0v) is 14.8. The van der Waals surface area contributed by atoms with Gasteiger partial charge in [0.2, 0.25) is 5.91 Å². The van der Waals surface area contributed by atoms with Crippen LogP contribution in [0.5, 0.6) is 0 Å². The summed E-state index contributed by atoms with van der Waals surface area (Å²) >= 11 is 7.52. The molecule has 0 atom stereocenters. The van der Waals surface area contributed by atoms with Gasteiger partial charge in [0.25, 0.3) is 0 Å². The quantitative estimate of drug-likeness (QED) is 0.670. The van der Waals surface area contributed by atoms with E-state index in [2.05, 4.69) is 10.3 Å². The smallest absolute Gasteiger partial charge is 0.226 e. The van der Waals surface area contributed by atoms with Crippen molar-refractivity contribution in [2.75, 3.05) is 5.32 Å². The van der Waals surface area contributed by atoms with Gasteiger partial charge in [-0.05, 0) is 31.0 Å². The highest BCUT2D eigenvalue weighted by Crippen LogP contribution is 2.31. The summed E-state index contributed by atoms with van der Waals surface area (Å²) in [4.78, 5) is 17.7. The second-order valence-corrected chi connectivity index (χ2v) is 7.11. The summed E-state index contributed by atoms with van der Waals surface area (Å²) in [5.41, 5.74) is 2.98. The molecule has 0 spiro atoms. The first-order valence-corrected chi connectivity index (χ1v) is 8.88. The number of nitrogens with one attached hydrogen (secondary N) is 1. The van der Waals surface area contributed by atoms with Gasteiger partial charge in [0.05, 0.1) is 5.69 Å². The molecule has 3 aromatic rings. The SMILES string of the molecule is Cc1sc(NC(=O)CCc2ccccc2)nc1-c1cccc(Cl)c1. The summed E-state index contributed by atoms with van der Waals surface area (Å²) in [6.07, 6.45) is 1.16. The third kappa shape index (κ3) is 4.22. The normalized spacial score (nSPS) is 10.6. The topological polar surface area (TPSA) is 42.0 Å². The summed E-state index contributed by atoms with van der Waals surface area (Å²) in [7, 11) is 0. The lowest BCUT2D eigenvalue weighted by atomic mass is 10.1. The van der Waals surface area contributed by atoms with Crippen LogP contribution in [0, 0.1) is 6.92 Å². The van der Waals surface area contributed by atoms with Crippen LogP contribution in [0.15, 0.2) is 54.6 Å². The fourth-order valence-electron chi connectivity index (χ4n) is 2.44. The molecule has 3 nitrogen and oxygen atoms in total. The Hall–Kier alpha value is -2.17. The molecule has 0 saturated heterocycles. The Balaban J connectivity index is 1.65. The first-order chi connectivity index (χ1) is 11.6. The van der Waals surface area contributed by atoms with Gasteiger partial charge in [-0.25, -0.2) is 4.98 Å².